The van der Waals surface area contributed by atoms with E-state index >= 15 is 0 Å². The standard InChI is InChI=1S/C11H10F3N5O/c12-11(13,14)9-3-4-19(18-9)6-8-2-1-7(5-16-8)10(20)17-15/h1-5H,6,15H2,(H,17,20). The van der Waals surface area contributed by atoms with Crippen LogP contribution in [0.3, 0.4) is 0 Å². The summed E-state index contributed by atoms with van der Waals surface area (Å²) in [4.78, 5) is 15.1. The van der Waals surface area contributed by atoms with Crippen molar-refractivity contribution in [2.24, 2.45) is 5.84 Å². The highest BCUT2D eigenvalue weighted by atomic mass is 19.4. The molecule has 0 aromatic carbocycles. The van der Waals surface area contributed by atoms with Gasteiger partial charge in [-0.15, -0.1) is 0 Å². The van der Waals surface area contributed by atoms with Crippen LogP contribution in [-0.4, -0.2) is 20.7 Å². The van der Waals surface area contributed by atoms with Crippen molar-refractivity contribution in [3.63, 3.8) is 0 Å². The van der Waals surface area contributed by atoms with Crippen molar-refractivity contribution in [2.45, 2.75) is 12.7 Å². The monoisotopic (exact) mass is 285 g/mol. The molecule has 0 atom stereocenters. The first kappa shape index (κ1) is 14.0. The number of carbonyl (C=O) groups excluding carboxylic acids is 1. The van der Waals surface area contributed by atoms with Crippen LogP contribution in [0.25, 0.3) is 0 Å². The molecule has 0 fully saturated rings. The molecule has 20 heavy (non-hydrogen) atoms. The Hall–Kier alpha value is -2.42. The normalized spacial score (nSPS) is 11.4. The first-order valence-electron chi connectivity index (χ1n) is 5.46. The number of hydrogen-bond donors (Lipinski definition) is 2. The van der Waals surface area contributed by atoms with E-state index in [1.807, 2.05) is 5.43 Å². The lowest BCUT2D eigenvalue weighted by Crippen LogP contribution is -2.30. The second kappa shape index (κ2) is 5.29. The molecular formula is C11H10F3N5O. The number of amides is 1. The summed E-state index contributed by atoms with van der Waals surface area (Å²) >= 11 is 0. The third kappa shape index (κ3) is 3.12. The number of nitrogens with zero attached hydrogens (tertiary/aromatic N) is 3. The Morgan fingerprint density at radius 2 is 2.10 bits per heavy atom. The van der Waals surface area contributed by atoms with Gasteiger partial charge in [0.2, 0.25) is 0 Å². The third-order valence-corrected chi connectivity index (χ3v) is 2.47. The largest absolute Gasteiger partial charge is 0.435 e. The fourth-order valence-corrected chi connectivity index (χ4v) is 1.50. The van der Waals surface area contributed by atoms with Crippen LogP contribution in [0.4, 0.5) is 13.2 Å². The second-order valence-corrected chi connectivity index (χ2v) is 3.91. The van der Waals surface area contributed by atoms with Crippen LogP contribution in [-0.2, 0) is 12.7 Å². The lowest BCUT2D eigenvalue weighted by molar-refractivity contribution is -0.141. The highest BCUT2D eigenvalue weighted by molar-refractivity contribution is 5.93. The summed E-state index contributed by atoms with van der Waals surface area (Å²) in [5, 5.41) is 3.40. The maximum absolute atomic E-state index is 12.4. The number of nitrogens with two attached hydrogens (primary N) is 1. The van der Waals surface area contributed by atoms with Crippen molar-refractivity contribution in [1.82, 2.24) is 20.2 Å². The summed E-state index contributed by atoms with van der Waals surface area (Å²) in [6.07, 6.45) is -1.97. The Balaban J connectivity index is 2.10. The molecule has 0 bridgehead atoms. The summed E-state index contributed by atoms with van der Waals surface area (Å²) in [5.41, 5.74) is 1.71. The molecule has 9 heteroatoms. The average Bonchev–Trinajstić information content (AvgIpc) is 2.87. The van der Waals surface area contributed by atoms with Gasteiger partial charge in [0.1, 0.15) is 0 Å². The Morgan fingerprint density at radius 3 is 2.60 bits per heavy atom. The first-order chi connectivity index (χ1) is 9.40. The van der Waals surface area contributed by atoms with Gasteiger partial charge < -0.3 is 0 Å². The molecule has 0 aliphatic rings. The predicted octanol–water partition coefficient (Wildman–Crippen LogP) is 0.949. The fourth-order valence-electron chi connectivity index (χ4n) is 1.50. The van der Waals surface area contributed by atoms with Gasteiger partial charge in [-0.1, -0.05) is 0 Å². The lowest BCUT2D eigenvalue weighted by Gasteiger charge is -2.04. The average molecular weight is 285 g/mol. The summed E-state index contributed by atoms with van der Waals surface area (Å²) in [5.74, 6) is 4.46. The highest BCUT2D eigenvalue weighted by Crippen LogP contribution is 2.27. The highest BCUT2D eigenvalue weighted by Gasteiger charge is 2.33. The van der Waals surface area contributed by atoms with Gasteiger partial charge in [0.15, 0.2) is 5.69 Å². The molecule has 2 rings (SSSR count). The van der Waals surface area contributed by atoms with E-state index < -0.39 is 17.8 Å². The minimum atomic E-state index is -4.47. The van der Waals surface area contributed by atoms with Gasteiger partial charge in [0.05, 0.1) is 17.8 Å². The molecular weight excluding hydrogens is 275 g/mol. The molecule has 3 N–H and O–H groups in total. The Morgan fingerprint density at radius 1 is 1.35 bits per heavy atom. The molecule has 0 saturated carbocycles. The van der Waals surface area contributed by atoms with E-state index in [1.54, 1.807) is 0 Å². The smallest absolute Gasteiger partial charge is 0.290 e. The fraction of sp³-hybridized carbons (Fsp3) is 0.182. The van der Waals surface area contributed by atoms with E-state index in [0.717, 1.165) is 10.7 Å². The zero-order valence-electron chi connectivity index (χ0n) is 10.1. The minimum Gasteiger partial charge on any atom is -0.290 e. The van der Waals surface area contributed by atoms with Crippen molar-refractivity contribution in [1.29, 1.82) is 0 Å². The zero-order valence-corrected chi connectivity index (χ0v) is 10.1. The van der Waals surface area contributed by atoms with Crippen molar-refractivity contribution in [2.75, 3.05) is 0 Å². The molecule has 2 heterocycles. The SMILES string of the molecule is NNC(=O)c1ccc(Cn2ccc(C(F)(F)F)n2)nc1. The van der Waals surface area contributed by atoms with Crippen LogP contribution >= 0.6 is 0 Å². The number of aromatic nitrogens is 3. The summed E-state index contributed by atoms with van der Waals surface area (Å²) < 4.78 is 38.2. The first-order valence-corrected chi connectivity index (χ1v) is 5.46. The van der Waals surface area contributed by atoms with Gasteiger partial charge in [-0.3, -0.25) is 19.9 Å². The Kier molecular flexibility index (Phi) is 3.70. The van der Waals surface area contributed by atoms with Crippen molar-refractivity contribution in [3.8, 4) is 0 Å². The molecule has 1 amide bonds. The molecule has 2 aromatic heterocycles. The molecule has 2 aromatic rings. The number of carbonyl (C=O) groups is 1. The third-order valence-electron chi connectivity index (χ3n) is 2.47. The molecule has 0 aliphatic carbocycles. The van der Waals surface area contributed by atoms with Crippen molar-refractivity contribution < 1.29 is 18.0 Å². The molecule has 0 saturated heterocycles. The van der Waals surface area contributed by atoms with Crippen LogP contribution in [0.5, 0.6) is 0 Å². The van der Waals surface area contributed by atoms with Crippen LogP contribution in [0.2, 0.25) is 0 Å². The van der Waals surface area contributed by atoms with E-state index in [9.17, 15) is 18.0 Å². The Labute approximate surface area is 111 Å². The van der Waals surface area contributed by atoms with E-state index in [4.69, 9.17) is 5.84 Å². The van der Waals surface area contributed by atoms with Crippen molar-refractivity contribution in [3.05, 3.63) is 47.5 Å². The van der Waals surface area contributed by atoms with Gasteiger partial charge in [-0.2, -0.15) is 18.3 Å². The molecule has 0 spiro atoms. The maximum atomic E-state index is 12.4. The molecule has 0 radical (unpaired) electrons. The van der Waals surface area contributed by atoms with Crippen LogP contribution < -0.4 is 11.3 Å². The van der Waals surface area contributed by atoms with Gasteiger partial charge >= 0.3 is 6.18 Å². The maximum Gasteiger partial charge on any atom is 0.435 e. The van der Waals surface area contributed by atoms with E-state index in [2.05, 4.69) is 10.1 Å². The van der Waals surface area contributed by atoms with E-state index in [1.165, 1.54) is 24.5 Å². The number of hydrogen-bond acceptors (Lipinski definition) is 4. The second-order valence-electron chi connectivity index (χ2n) is 3.91. The van der Waals surface area contributed by atoms with E-state index in [-0.39, 0.29) is 12.1 Å². The quantitative estimate of drug-likeness (QED) is 0.499. The number of hydrazine groups is 1. The van der Waals surface area contributed by atoms with Gasteiger partial charge in [0, 0.05) is 12.4 Å². The van der Waals surface area contributed by atoms with Crippen molar-refractivity contribution >= 4 is 5.91 Å². The zero-order chi connectivity index (χ0) is 14.8. The van der Waals surface area contributed by atoms with Crippen LogP contribution in [0, 0.1) is 0 Å². The molecule has 0 aliphatic heterocycles. The summed E-state index contributed by atoms with van der Waals surface area (Å²) in [6.45, 7) is 0.0700. The van der Waals surface area contributed by atoms with E-state index in [0.29, 0.717) is 5.69 Å². The predicted molar refractivity (Wildman–Crippen MR) is 62.2 cm³/mol. The van der Waals surface area contributed by atoms with Crippen LogP contribution in [0.15, 0.2) is 30.6 Å². The molecule has 6 nitrogen and oxygen atoms in total. The van der Waals surface area contributed by atoms with Gasteiger partial charge in [-0.25, -0.2) is 5.84 Å². The molecule has 0 unspecified atom stereocenters. The molecule has 106 valence electrons. The van der Waals surface area contributed by atoms with Crippen LogP contribution in [0.1, 0.15) is 21.7 Å². The Bertz CT molecular complexity index is 605. The number of rotatable bonds is 3. The summed E-state index contributed by atoms with van der Waals surface area (Å²) in [7, 11) is 0. The summed E-state index contributed by atoms with van der Waals surface area (Å²) in [6, 6.07) is 3.87. The van der Waals surface area contributed by atoms with Gasteiger partial charge in [-0.05, 0) is 18.2 Å². The lowest BCUT2D eigenvalue weighted by atomic mass is 10.2. The number of nitrogens with one attached hydrogen (secondary N) is 1. The minimum absolute atomic E-state index is 0.0700. The topological polar surface area (TPSA) is 85.8 Å². The number of halogens is 3. The van der Waals surface area contributed by atoms with Gasteiger partial charge in [0.25, 0.3) is 5.91 Å². The number of pyridine rings is 1. The number of alkyl halides is 3. The number of nitrogen functional groups attached to an aromatic ring is 1.